The van der Waals surface area contributed by atoms with Gasteiger partial charge in [0.1, 0.15) is 11.6 Å². The maximum atomic E-state index is 15.0. The average Bonchev–Trinajstić information content (AvgIpc) is 2.75. The largest absolute Gasteiger partial charge is 0.208 e. The van der Waals surface area contributed by atoms with Crippen molar-refractivity contribution in [3.63, 3.8) is 0 Å². The molecular formula is C25H25F5. The van der Waals surface area contributed by atoms with Gasteiger partial charge in [-0.05, 0) is 74.4 Å². The van der Waals surface area contributed by atoms with E-state index in [1.54, 1.807) is 6.08 Å². The average molecular weight is 420 g/mol. The van der Waals surface area contributed by atoms with Crippen LogP contribution in [0, 0.1) is 29.3 Å². The molecule has 0 aliphatic heterocycles. The minimum Gasteiger partial charge on any atom is -0.208 e. The van der Waals surface area contributed by atoms with Crippen LogP contribution in [0.25, 0.3) is 16.6 Å². The summed E-state index contributed by atoms with van der Waals surface area (Å²) >= 11 is 0. The smallest absolute Gasteiger partial charge is 0.169 e. The molecule has 0 bridgehead atoms. The normalized spacial score (nSPS) is 20.6. The molecule has 5 heteroatoms. The molecule has 1 aliphatic carbocycles. The molecule has 0 atom stereocenters. The van der Waals surface area contributed by atoms with Crippen molar-refractivity contribution in [2.75, 3.05) is 0 Å². The Morgan fingerprint density at radius 3 is 2.37 bits per heavy atom. The summed E-state index contributed by atoms with van der Waals surface area (Å²) in [4.78, 5) is 0. The fourth-order valence-corrected chi connectivity index (χ4v) is 4.19. The van der Waals surface area contributed by atoms with Gasteiger partial charge in [-0.3, -0.25) is 0 Å². The molecule has 0 N–H and O–H groups in total. The molecule has 0 aromatic heterocycles. The van der Waals surface area contributed by atoms with Gasteiger partial charge in [-0.1, -0.05) is 24.3 Å². The van der Waals surface area contributed by atoms with Gasteiger partial charge in [0.25, 0.3) is 0 Å². The maximum absolute atomic E-state index is 15.0. The monoisotopic (exact) mass is 420 g/mol. The van der Waals surface area contributed by atoms with Gasteiger partial charge in [0, 0.05) is 11.5 Å². The van der Waals surface area contributed by atoms with E-state index in [-0.39, 0.29) is 17.4 Å². The van der Waals surface area contributed by atoms with Crippen LogP contribution in [0.3, 0.4) is 0 Å². The lowest BCUT2D eigenvalue weighted by molar-refractivity contribution is 0.304. The van der Waals surface area contributed by atoms with Crippen LogP contribution in [0.1, 0.15) is 50.2 Å². The number of benzene rings is 2. The van der Waals surface area contributed by atoms with E-state index in [0.29, 0.717) is 25.2 Å². The highest BCUT2D eigenvalue weighted by Crippen LogP contribution is 2.40. The van der Waals surface area contributed by atoms with E-state index in [4.69, 9.17) is 0 Å². The van der Waals surface area contributed by atoms with Crippen molar-refractivity contribution in [2.24, 2.45) is 11.8 Å². The van der Waals surface area contributed by atoms with Gasteiger partial charge in [-0.15, -0.1) is 6.58 Å². The van der Waals surface area contributed by atoms with E-state index in [9.17, 15) is 22.0 Å². The molecule has 0 spiro atoms. The number of aryl methyl sites for hydroxylation is 1. The van der Waals surface area contributed by atoms with Crippen molar-refractivity contribution in [3.8, 4) is 0 Å². The highest BCUT2D eigenvalue weighted by molar-refractivity contribution is 5.88. The third-order valence-corrected chi connectivity index (χ3v) is 5.86. The molecule has 1 fully saturated rings. The molecule has 0 saturated heterocycles. The molecule has 0 amide bonds. The van der Waals surface area contributed by atoms with Crippen LogP contribution in [0.4, 0.5) is 22.0 Å². The van der Waals surface area contributed by atoms with Crippen molar-refractivity contribution >= 4 is 16.6 Å². The molecule has 160 valence electrons. The van der Waals surface area contributed by atoms with Crippen molar-refractivity contribution in [1.82, 2.24) is 0 Å². The maximum Gasteiger partial charge on any atom is 0.169 e. The predicted octanol–water partition coefficient (Wildman–Crippen LogP) is 8.37. The van der Waals surface area contributed by atoms with Crippen LogP contribution >= 0.6 is 0 Å². The van der Waals surface area contributed by atoms with E-state index in [2.05, 4.69) is 12.7 Å². The Balaban J connectivity index is 1.97. The highest BCUT2D eigenvalue weighted by atomic mass is 19.2. The topological polar surface area (TPSA) is 0 Å². The van der Waals surface area contributed by atoms with Crippen LogP contribution in [0.5, 0.6) is 0 Å². The van der Waals surface area contributed by atoms with Crippen molar-refractivity contribution in [1.29, 1.82) is 0 Å². The molecule has 0 unspecified atom stereocenters. The van der Waals surface area contributed by atoms with Crippen molar-refractivity contribution in [2.45, 2.75) is 45.4 Å². The Bertz CT molecular complexity index is 995. The molecule has 0 radical (unpaired) electrons. The molecule has 1 saturated carbocycles. The summed E-state index contributed by atoms with van der Waals surface area (Å²) < 4.78 is 73.5. The first kappa shape index (κ1) is 22.3. The Morgan fingerprint density at radius 2 is 1.73 bits per heavy atom. The predicted molar refractivity (Wildman–Crippen MR) is 112 cm³/mol. The second kappa shape index (κ2) is 9.59. The first-order valence-corrected chi connectivity index (χ1v) is 10.3. The van der Waals surface area contributed by atoms with Crippen LogP contribution in [-0.4, -0.2) is 0 Å². The summed E-state index contributed by atoms with van der Waals surface area (Å²) in [5.41, 5.74) is -0.583. The lowest BCUT2D eigenvalue weighted by Crippen LogP contribution is -2.14. The zero-order chi connectivity index (χ0) is 21.8. The molecule has 2 aromatic carbocycles. The molecule has 3 rings (SSSR count). The van der Waals surface area contributed by atoms with Gasteiger partial charge in [0.05, 0.1) is 5.39 Å². The van der Waals surface area contributed by atoms with Crippen molar-refractivity contribution in [3.05, 3.63) is 77.4 Å². The summed E-state index contributed by atoms with van der Waals surface area (Å²) in [6, 6.07) is 3.72. The lowest BCUT2D eigenvalue weighted by atomic mass is 9.81. The van der Waals surface area contributed by atoms with Crippen LogP contribution < -0.4 is 0 Å². The Hall–Kier alpha value is -2.43. The Morgan fingerprint density at radius 1 is 1.03 bits per heavy atom. The number of halogens is 5. The summed E-state index contributed by atoms with van der Waals surface area (Å²) in [7, 11) is 0. The molecule has 2 aromatic rings. The summed E-state index contributed by atoms with van der Waals surface area (Å²) in [5, 5.41) is -0.554. The van der Waals surface area contributed by atoms with Crippen LogP contribution in [0.2, 0.25) is 0 Å². The quantitative estimate of drug-likeness (QED) is 0.325. The van der Waals surface area contributed by atoms with Crippen LogP contribution in [0.15, 0.2) is 48.8 Å². The number of rotatable bonds is 6. The summed E-state index contributed by atoms with van der Waals surface area (Å²) in [5.74, 6) is -6.49. The summed E-state index contributed by atoms with van der Waals surface area (Å²) in [6.07, 6.45) is 8.58. The van der Waals surface area contributed by atoms with E-state index in [1.807, 2.05) is 13.0 Å². The molecule has 0 heterocycles. The Kier molecular flexibility index (Phi) is 7.11. The third-order valence-electron chi connectivity index (χ3n) is 5.86. The van der Waals surface area contributed by atoms with Gasteiger partial charge >= 0.3 is 0 Å². The number of allylic oxidation sites excluding steroid dienone is 4. The van der Waals surface area contributed by atoms with Crippen molar-refractivity contribution < 1.29 is 22.0 Å². The minimum absolute atomic E-state index is 0.0899. The van der Waals surface area contributed by atoms with E-state index >= 15 is 0 Å². The third kappa shape index (κ3) is 4.35. The van der Waals surface area contributed by atoms with E-state index in [1.165, 1.54) is 12.1 Å². The highest BCUT2D eigenvalue weighted by Gasteiger charge is 2.28. The second-order valence-electron chi connectivity index (χ2n) is 7.82. The van der Waals surface area contributed by atoms with Gasteiger partial charge < -0.3 is 0 Å². The zero-order valence-electron chi connectivity index (χ0n) is 17.0. The number of hydrogen-bond acceptors (Lipinski definition) is 0. The molecule has 1 aliphatic rings. The SMILES string of the molecule is C=CCCc1cc2ccc(C(F)=C(F)C3CCC(/C=C/C)CC3)c(F)c2c(F)c1F. The first-order valence-electron chi connectivity index (χ1n) is 10.3. The van der Waals surface area contributed by atoms with Gasteiger partial charge in [0.2, 0.25) is 0 Å². The van der Waals surface area contributed by atoms with E-state index < -0.39 is 46.0 Å². The van der Waals surface area contributed by atoms with E-state index in [0.717, 1.165) is 18.9 Å². The second-order valence-corrected chi connectivity index (χ2v) is 7.82. The fourth-order valence-electron chi connectivity index (χ4n) is 4.19. The number of fused-ring (bicyclic) bond motifs is 1. The van der Waals surface area contributed by atoms with Gasteiger partial charge in [-0.2, -0.15) is 0 Å². The molecular weight excluding hydrogens is 395 g/mol. The lowest BCUT2D eigenvalue weighted by Gasteiger charge is -2.26. The van der Waals surface area contributed by atoms with Crippen LogP contribution in [-0.2, 0) is 6.42 Å². The standard InChI is InChI=1S/C25H25F5/c1-3-5-7-18-14-17-12-13-19(23(28)20(17)25(30)22(18)27)24(29)21(26)16-10-8-15(6-4-2)9-11-16/h3-4,6,12-16H,1,5,7-11H2,2H3/b6-4+,24-21?. The molecule has 30 heavy (non-hydrogen) atoms. The first-order chi connectivity index (χ1) is 14.4. The number of hydrogen-bond donors (Lipinski definition) is 0. The fraction of sp³-hybridized carbons (Fsp3) is 0.360. The zero-order valence-corrected chi connectivity index (χ0v) is 17.0. The Labute approximate surface area is 173 Å². The van der Waals surface area contributed by atoms with Gasteiger partial charge in [-0.25, -0.2) is 22.0 Å². The molecule has 0 nitrogen and oxygen atoms in total. The van der Waals surface area contributed by atoms with Gasteiger partial charge in [0.15, 0.2) is 17.5 Å². The summed E-state index contributed by atoms with van der Waals surface area (Å²) in [6.45, 7) is 5.46. The minimum atomic E-state index is -1.38.